The number of hydrogen-bond acceptors (Lipinski definition) is 4. The average molecular weight is 372 g/mol. The van der Waals surface area contributed by atoms with Gasteiger partial charge >= 0.3 is 0 Å². The number of carbonyl (C=O) groups excluding carboxylic acids is 1. The van der Waals surface area contributed by atoms with Gasteiger partial charge < -0.3 is 5.32 Å². The van der Waals surface area contributed by atoms with Gasteiger partial charge in [0, 0.05) is 24.4 Å². The molecule has 0 unspecified atom stereocenters. The van der Waals surface area contributed by atoms with E-state index in [9.17, 15) is 9.18 Å². The van der Waals surface area contributed by atoms with Crippen molar-refractivity contribution in [3.05, 3.63) is 58.6 Å². The number of thiazole rings is 1. The third-order valence-corrected chi connectivity index (χ3v) is 5.05. The van der Waals surface area contributed by atoms with E-state index in [1.807, 2.05) is 19.2 Å². The van der Waals surface area contributed by atoms with Gasteiger partial charge in [0.05, 0.1) is 5.69 Å². The number of hydrogen-bond donors (Lipinski definition) is 1. The summed E-state index contributed by atoms with van der Waals surface area (Å²) in [6.07, 6.45) is 3.81. The number of nitrogens with one attached hydrogen (secondary N) is 1. The van der Waals surface area contributed by atoms with E-state index in [2.05, 4.69) is 15.4 Å². The number of fused-ring (bicyclic) bond motifs is 1. The van der Waals surface area contributed by atoms with Gasteiger partial charge in [-0.15, -0.1) is 11.3 Å². The molecule has 1 N–H and O–H groups in total. The predicted octanol–water partition coefficient (Wildman–Crippen LogP) is 3.64. The Morgan fingerprint density at radius 1 is 1.42 bits per heavy atom. The van der Waals surface area contributed by atoms with Crippen LogP contribution in [0.5, 0.6) is 0 Å². The molecule has 2 heterocycles. The van der Waals surface area contributed by atoms with Crippen molar-refractivity contribution in [1.82, 2.24) is 19.9 Å². The second-order valence-electron chi connectivity index (χ2n) is 6.44. The first-order valence-electron chi connectivity index (χ1n) is 8.47. The summed E-state index contributed by atoms with van der Waals surface area (Å²) in [5.41, 5.74) is 3.35. The van der Waals surface area contributed by atoms with Crippen LogP contribution in [0.25, 0.3) is 10.5 Å². The van der Waals surface area contributed by atoms with Crippen LogP contribution in [-0.2, 0) is 11.2 Å². The van der Waals surface area contributed by atoms with Crippen LogP contribution in [0.3, 0.4) is 0 Å². The molecule has 0 atom stereocenters. The zero-order chi connectivity index (χ0) is 18.7. The summed E-state index contributed by atoms with van der Waals surface area (Å²) in [5, 5.41) is 9.07. The number of aryl methyl sites for hydroxylation is 1. The SMILES string of the molecule is Cc1cc(/C(=C/C(=O)NCCc2csc3ncnn23)C(C)C)ccc1F. The van der Waals surface area contributed by atoms with Gasteiger partial charge in [0.1, 0.15) is 12.1 Å². The van der Waals surface area contributed by atoms with Crippen molar-refractivity contribution in [2.75, 3.05) is 6.54 Å². The molecule has 0 saturated carbocycles. The Bertz CT molecular complexity index is 958. The van der Waals surface area contributed by atoms with E-state index < -0.39 is 0 Å². The first kappa shape index (κ1) is 18.3. The predicted molar refractivity (Wildman–Crippen MR) is 102 cm³/mol. The maximum Gasteiger partial charge on any atom is 0.244 e. The van der Waals surface area contributed by atoms with Crippen LogP contribution in [0, 0.1) is 18.7 Å². The molecule has 5 nitrogen and oxygen atoms in total. The van der Waals surface area contributed by atoms with Crippen LogP contribution < -0.4 is 5.32 Å². The van der Waals surface area contributed by atoms with E-state index in [-0.39, 0.29) is 17.6 Å². The van der Waals surface area contributed by atoms with Crippen LogP contribution in [0.4, 0.5) is 4.39 Å². The lowest BCUT2D eigenvalue weighted by Crippen LogP contribution is -2.24. The number of benzene rings is 1. The minimum atomic E-state index is -0.239. The van der Waals surface area contributed by atoms with Gasteiger partial charge in [-0.25, -0.2) is 13.9 Å². The van der Waals surface area contributed by atoms with E-state index >= 15 is 0 Å². The molecule has 136 valence electrons. The maximum absolute atomic E-state index is 13.5. The Hall–Kier alpha value is -2.54. The highest BCUT2D eigenvalue weighted by Crippen LogP contribution is 2.24. The first-order chi connectivity index (χ1) is 12.5. The quantitative estimate of drug-likeness (QED) is 0.672. The summed E-state index contributed by atoms with van der Waals surface area (Å²) in [7, 11) is 0. The summed E-state index contributed by atoms with van der Waals surface area (Å²) >= 11 is 1.53. The summed E-state index contributed by atoms with van der Waals surface area (Å²) in [4.78, 5) is 17.3. The van der Waals surface area contributed by atoms with Gasteiger partial charge in [0.25, 0.3) is 0 Å². The number of aromatic nitrogens is 3. The molecule has 3 rings (SSSR count). The smallest absolute Gasteiger partial charge is 0.244 e. The second kappa shape index (κ2) is 7.78. The van der Waals surface area contributed by atoms with Crippen molar-refractivity contribution in [1.29, 1.82) is 0 Å². The van der Waals surface area contributed by atoms with Crippen LogP contribution in [0.15, 0.2) is 36.0 Å². The molecule has 0 bridgehead atoms. The molecule has 26 heavy (non-hydrogen) atoms. The van der Waals surface area contributed by atoms with Gasteiger partial charge in [0.15, 0.2) is 0 Å². The van der Waals surface area contributed by atoms with Crippen molar-refractivity contribution in [3.8, 4) is 0 Å². The molecule has 1 aromatic carbocycles. The Morgan fingerprint density at radius 3 is 2.96 bits per heavy atom. The fourth-order valence-electron chi connectivity index (χ4n) is 2.76. The van der Waals surface area contributed by atoms with Gasteiger partial charge in [-0.2, -0.15) is 5.10 Å². The van der Waals surface area contributed by atoms with E-state index in [0.29, 0.717) is 18.5 Å². The Kier molecular flexibility index (Phi) is 5.46. The molecule has 0 aliphatic heterocycles. The normalized spacial score (nSPS) is 12.1. The molecule has 0 radical (unpaired) electrons. The summed E-state index contributed by atoms with van der Waals surface area (Å²) in [5.74, 6) is -0.241. The molecular weight excluding hydrogens is 351 g/mol. The van der Waals surface area contributed by atoms with E-state index in [4.69, 9.17) is 0 Å². The van der Waals surface area contributed by atoms with Crippen molar-refractivity contribution >= 4 is 27.8 Å². The van der Waals surface area contributed by atoms with Crippen molar-refractivity contribution in [2.45, 2.75) is 27.2 Å². The molecule has 0 aliphatic carbocycles. The number of rotatable bonds is 6. The van der Waals surface area contributed by atoms with Crippen LogP contribution in [-0.4, -0.2) is 27.0 Å². The van der Waals surface area contributed by atoms with Gasteiger partial charge in [-0.3, -0.25) is 4.79 Å². The van der Waals surface area contributed by atoms with Crippen LogP contribution in [0.2, 0.25) is 0 Å². The number of nitrogens with zero attached hydrogens (tertiary/aromatic N) is 3. The molecule has 2 aromatic heterocycles. The number of carbonyl (C=O) groups is 1. The van der Waals surface area contributed by atoms with Crippen molar-refractivity contribution in [3.63, 3.8) is 0 Å². The fraction of sp³-hybridized carbons (Fsp3) is 0.316. The van der Waals surface area contributed by atoms with Crippen molar-refractivity contribution in [2.24, 2.45) is 5.92 Å². The van der Waals surface area contributed by atoms with Gasteiger partial charge in [-0.1, -0.05) is 19.9 Å². The third kappa shape index (κ3) is 3.99. The Balaban J connectivity index is 1.66. The zero-order valence-corrected chi connectivity index (χ0v) is 15.8. The monoisotopic (exact) mass is 372 g/mol. The standard InChI is InChI=1S/C19H21FN4OS/c1-12(2)16(14-4-5-17(20)13(3)8-14)9-18(25)21-7-6-15-10-26-19-22-11-23-24(15)19/h4-5,8-12H,6-7H2,1-3H3,(H,21,25)/b16-9+. The lowest BCUT2D eigenvalue weighted by Gasteiger charge is -2.13. The fourth-order valence-corrected chi connectivity index (χ4v) is 3.59. The number of halogens is 1. The number of amides is 1. The highest BCUT2D eigenvalue weighted by Gasteiger charge is 2.11. The maximum atomic E-state index is 13.5. The Morgan fingerprint density at radius 2 is 2.23 bits per heavy atom. The van der Waals surface area contributed by atoms with Gasteiger partial charge in [0.2, 0.25) is 10.9 Å². The van der Waals surface area contributed by atoms with E-state index in [1.54, 1.807) is 29.6 Å². The molecule has 0 spiro atoms. The lowest BCUT2D eigenvalue weighted by molar-refractivity contribution is -0.116. The Labute approximate surface area is 155 Å². The van der Waals surface area contributed by atoms with Gasteiger partial charge in [-0.05, 0) is 41.7 Å². The molecule has 3 aromatic rings. The highest BCUT2D eigenvalue weighted by molar-refractivity contribution is 7.15. The van der Waals surface area contributed by atoms with Crippen molar-refractivity contribution < 1.29 is 9.18 Å². The molecule has 0 fully saturated rings. The minimum absolute atomic E-state index is 0.150. The molecular formula is C19H21FN4OS. The summed E-state index contributed by atoms with van der Waals surface area (Å²) in [6.45, 7) is 6.27. The molecule has 0 saturated heterocycles. The summed E-state index contributed by atoms with van der Waals surface area (Å²) in [6, 6.07) is 4.94. The third-order valence-electron chi connectivity index (χ3n) is 4.17. The average Bonchev–Trinajstić information content (AvgIpc) is 3.20. The topological polar surface area (TPSA) is 59.3 Å². The van der Waals surface area contributed by atoms with Crippen LogP contribution >= 0.6 is 11.3 Å². The molecule has 0 aliphatic rings. The van der Waals surface area contributed by atoms with Crippen LogP contribution in [0.1, 0.15) is 30.7 Å². The zero-order valence-electron chi connectivity index (χ0n) is 15.0. The highest BCUT2D eigenvalue weighted by atomic mass is 32.1. The minimum Gasteiger partial charge on any atom is -0.352 e. The largest absolute Gasteiger partial charge is 0.352 e. The number of allylic oxidation sites excluding steroid dienone is 1. The molecule has 7 heteroatoms. The van der Waals surface area contributed by atoms with E-state index in [1.165, 1.54) is 23.7 Å². The first-order valence-corrected chi connectivity index (χ1v) is 9.35. The molecule has 1 amide bonds. The summed E-state index contributed by atoms with van der Waals surface area (Å²) < 4.78 is 15.3. The van der Waals surface area contributed by atoms with E-state index in [0.717, 1.165) is 21.8 Å². The second-order valence-corrected chi connectivity index (χ2v) is 7.28. The lowest BCUT2D eigenvalue weighted by atomic mass is 9.93.